The zero-order chi connectivity index (χ0) is 21.3. The van der Waals surface area contributed by atoms with Crippen molar-refractivity contribution < 1.29 is 23.0 Å². The molecule has 5 nitrogen and oxygen atoms in total. The molecule has 9 heteroatoms. The molecule has 2 aromatic carbocycles. The molecule has 0 spiro atoms. The number of nitrogens with zero attached hydrogens (tertiary/aromatic N) is 1. The van der Waals surface area contributed by atoms with E-state index in [0.29, 0.717) is 22.2 Å². The molecule has 0 amide bonds. The highest BCUT2D eigenvalue weighted by atomic mass is 127. The highest BCUT2D eigenvalue weighted by molar-refractivity contribution is 14.1. The number of hydrogen-bond donors (Lipinski definition) is 3. The molecule has 2 aliphatic rings. The smallest absolute Gasteiger partial charge is 0.182 e. The molecule has 0 radical (unpaired) electrons. The van der Waals surface area contributed by atoms with Gasteiger partial charge in [0.2, 0.25) is 0 Å². The van der Waals surface area contributed by atoms with Gasteiger partial charge < -0.3 is 20.5 Å². The molecule has 2 aromatic rings. The Morgan fingerprint density at radius 3 is 2.70 bits per heavy atom. The number of likely N-dealkylation sites (tertiary alicyclic amines) is 1. The van der Waals surface area contributed by atoms with Crippen molar-refractivity contribution in [3.63, 3.8) is 0 Å². The maximum atomic E-state index is 14.4. The van der Waals surface area contributed by atoms with Gasteiger partial charge in [0, 0.05) is 28.3 Å². The first kappa shape index (κ1) is 21.8. The topological polar surface area (TPSA) is 56.8 Å². The fraction of sp³-hybridized carbons (Fsp3) is 0.429. The summed E-state index contributed by atoms with van der Waals surface area (Å²) < 4.78 is 48.7. The predicted octanol–water partition coefficient (Wildman–Crippen LogP) is 3.72. The quantitative estimate of drug-likeness (QED) is 0.474. The summed E-state index contributed by atoms with van der Waals surface area (Å²) in [4.78, 5) is 1.95. The molecule has 0 saturated carbocycles. The lowest BCUT2D eigenvalue weighted by molar-refractivity contribution is -0.153. The summed E-state index contributed by atoms with van der Waals surface area (Å²) >= 11 is 1.97. The van der Waals surface area contributed by atoms with Crippen LogP contribution in [0, 0.1) is 21.0 Å². The average molecular weight is 533 g/mol. The SMILES string of the molecule is OC1([C@@H]2CCCN2)CN(COCc2ccc(F)c(F)c2Nc2ccc(I)cc2F)C1. The number of halogens is 4. The van der Waals surface area contributed by atoms with E-state index >= 15 is 0 Å². The number of β-amino-alcohol motifs (C(OH)–C–C–N with tert-alkyl or cyclic N) is 1. The predicted molar refractivity (Wildman–Crippen MR) is 116 cm³/mol. The Morgan fingerprint density at radius 2 is 2.00 bits per heavy atom. The summed E-state index contributed by atoms with van der Waals surface area (Å²) in [6.45, 7) is 2.20. The number of nitrogens with one attached hydrogen (secondary N) is 2. The molecule has 0 unspecified atom stereocenters. The second-order valence-electron chi connectivity index (χ2n) is 7.86. The number of hydrogen-bond acceptors (Lipinski definition) is 5. The maximum absolute atomic E-state index is 14.4. The maximum Gasteiger partial charge on any atom is 0.182 e. The lowest BCUT2D eigenvalue weighted by Crippen LogP contribution is -2.69. The summed E-state index contributed by atoms with van der Waals surface area (Å²) in [5.74, 6) is -2.67. The van der Waals surface area contributed by atoms with Gasteiger partial charge in [-0.3, -0.25) is 4.90 Å². The first-order chi connectivity index (χ1) is 14.4. The van der Waals surface area contributed by atoms with E-state index < -0.39 is 23.1 Å². The normalized spacial score (nSPS) is 20.9. The van der Waals surface area contributed by atoms with Crippen molar-refractivity contribution in [1.82, 2.24) is 10.2 Å². The lowest BCUT2D eigenvalue weighted by Gasteiger charge is -2.49. The fourth-order valence-electron chi connectivity index (χ4n) is 4.04. The molecule has 2 fully saturated rings. The van der Waals surface area contributed by atoms with Gasteiger partial charge in [-0.1, -0.05) is 6.07 Å². The zero-order valence-corrected chi connectivity index (χ0v) is 18.4. The Bertz CT molecular complexity index is 919. The van der Waals surface area contributed by atoms with Crippen LogP contribution in [0.25, 0.3) is 0 Å². The van der Waals surface area contributed by atoms with E-state index in [0.717, 1.165) is 25.5 Å². The van der Waals surface area contributed by atoms with Crippen molar-refractivity contribution in [3.05, 3.63) is 56.9 Å². The van der Waals surface area contributed by atoms with E-state index in [2.05, 4.69) is 10.6 Å². The molecule has 0 aromatic heterocycles. The van der Waals surface area contributed by atoms with Crippen LogP contribution in [-0.4, -0.2) is 48.0 Å². The minimum Gasteiger partial charge on any atom is -0.386 e. The van der Waals surface area contributed by atoms with Gasteiger partial charge in [0.25, 0.3) is 0 Å². The van der Waals surface area contributed by atoms with Crippen molar-refractivity contribution >= 4 is 34.0 Å². The largest absolute Gasteiger partial charge is 0.386 e. The molecule has 1 atom stereocenters. The average Bonchev–Trinajstić information content (AvgIpc) is 3.22. The van der Waals surface area contributed by atoms with Crippen LogP contribution in [0.15, 0.2) is 30.3 Å². The molecular weight excluding hydrogens is 510 g/mol. The van der Waals surface area contributed by atoms with Crippen LogP contribution in [0.5, 0.6) is 0 Å². The molecule has 2 saturated heterocycles. The second-order valence-corrected chi connectivity index (χ2v) is 9.11. The van der Waals surface area contributed by atoms with Crippen molar-refractivity contribution in [3.8, 4) is 0 Å². The highest BCUT2D eigenvalue weighted by Crippen LogP contribution is 2.31. The molecule has 0 bridgehead atoms. The van der Waals surface area contributed by atoms with Crippen LogP contribution >= 0.6 is 22.6 Å². The van der Waals surface area contributed by atoms with Gasteiger partial charge in [0.15, 0.2) is 11.6 Å². The van der Waals surface area contributed by atoms with Crippen molar-refractivity contribution in [2.45, 2.75) is 31.1 Å². The lowest BCUT2D eigenvalue weighted by atomic mass is 9.85. The summed E-state index contributed by atoms with van der Waals surface area (Å²) in [6, 6.07) is 7.01. The number of anilines is 2. The van der Waals surface area contributed by atoms with Crippen LogP contribution in [0.3, 0.4) is 0 Å². The molecule has 3 N–H and O–H groups in total. The minimum absolute atomic E-state index is 0.0160. The summed E-state index contributed by atoms with van der Waals surface area (Å²) in [7, 11) is 0. The van der Waals surface area contributed by atoms with E-state index in [1.165, 1.54) is 18.2 Å². The van der Waals surface area contributed by atoms with Gasteiger partial charge in [0.05, 0.1) is 24.7 Å². The Balaban J connectivity index is 1.38. The van der Waals surface area contributed by atoms with Gasteiger partial charge in [-0.05, 0) is 66.2 Å². The Morgan fingerprint density at radius 1 is 1.20 bits per heavy atom. The molecule has 30 heavy (non-hydrogen) atoms. The molecule has 0 aliphatic carbocycles. The highest BCUT2D eigenvalue weighted by Gasteiger charge is 2.47. The molecule has 162 valence electrons. The Hall–Kier alpha value is -1.40. The minimum atomic E-state index is -1.08. The van der Waals surface area contributed by atoms with Crippen LogP contribution in [0.1, 0.15) is 18.4 Å². The van der Waals surface area contributed by atoms with Crippen molar-refractivity contribution in [2.75, 3.05) is 31.7 Å². The number of rotatable bonds is 7. The van der Waals surface area contributed by atoms with E-state index in [1.807, 2.05) is 27.5 Å². The van der Waals surface area contributed by atoms with Crippen LogP contribution in [-0.2, 0) is 11.3 Å². The Kier molecular flexibility index (Phi) is 6.54. The summed E-state index contributed by atoms with van der Waals surface area (Å²) in [6.07, 6.45) is 2.03. The van der Waals surface area contributed by atoms with E-state index in [4.69, 9.17) is 4.74 Å². The van der Waals surface area contributed by atoms with Gasteiger partial charge in [-0.2, -0.15) is 0 Å². The Labute approximate surface area is 186 Å². The van der Waals surface area contributed by atoms with Gasteiger partial charge in [-0.15, -0.1) is 0 Å². The number of aliphatic hydroxyl groups is 1. The first-order valence-corrected chi connectivity index (χ1v) is 10.9. The standard InChI is InChI=1S/C21H23F3IN3O2/c22-15-5-3-13(20(19(15)24)27-17-6-4-14(25)8-16(17)23)9-30-12-28-10-21(29,11-28)18-2-1-7-26-18/h3-6,8,18,26-27,29H,1-2,7,9-12H2/t18-/m0/s1. The monoisotopic (exact) mass is 533 g/mol. The molecule has 4 rings (SSSR count). The van der Waals surface area contributed by atoms with Crippen molar-refractivity contribution in [1.29, 1.82) is 0 Å². The third-order valence-electron chi connectivity index (χ3n) is 5.61. The van der Waals surface area contributed by atoms with Crippen LogP contribution < -0.4 is 10.6 Å². The van der Waals surface area contributed by atoms with Gasteiger partial charge in [-0.25, -0.2) is 13.2 Å². The van der Waals surface area contributed by atoms with Crippen LogP contribution in [0.4, 0.5) is 24.5 Å². The molecule has 2 heterocycles. The number of benzene rings is 2. The third-order valence-corrected chi connectivity index (χ3v) is 6.28. The van der Waals surface area contributed by atoms with E-state index in [1.54, 1.807) is 6.07 Å². The second kappa shape index (κ2) is 8.99. The van der Waals surface area contributed by atoms with E-state index in [-0.39, 0.29) is 30.8 Å². The molecule has 2 aliphatic heterocycles. The van der Waals surface area contributed by atoms with Gasteiger partial charge in [0.1, 0.15) is 11.4 Å². The first-order valence-electron chi connectivity index (χ1n) is 9.80. The molecular formula is C21H23F3IN3O2. The summed E-state index contributed by atoms with van der Waals surface area (Å²) in [5, 5.41) is 16.6. The number of ether oxygens (including phenoxy) is 1. The third kappa shape index (κ3) is 4.59. The van der Waals surface area contributed by atoms with Crippen LogP contribution in [0.2, 0.25) is 0 Å². The summed E-state index contributed by atoms with van der Waals surface area (Å²) in [5.41, 5.74) is -0.458. The zero-order valence-electron chi connectivity index (χ0n) is 16.2. The van der Waals surface area contributed by atoms with Gasteiger partial charge >= 0.3 is 0 Å². The van der Waals surface area contributed by atoms with Crippen molar-refractivity contribution in [2.24, 2.45) is 0 Å². The van der Waals surface area contributed by atoms with E-state index in [9.17, 15) is 18.3 Å². The fourth-order valence-corrected chi connectivity index (χ4v) is 4.49.